The summed E-state index contributed by atoms with van der Waals surface area (Å²) in [5, 5.41) is 3.09. The van der Waals surface area contributed by atoms with E-state index < -0.39 is 0 Å². The van der Waals surface area contributed by atoms with Crippen molar-refractivity contribution in [2.75, 3.05) is 11.9 Å². The smallest absolute Gasteiger partial charge is 0.207 e. The first-order valence-corrected chi connectivity index (χ1v) is 5.37. The van der Waals surface area contributed by atoms with E-state index in [0.717, 1.165) is 5.69 Å². The Kier molecular flexibility index (Phi) is 3.23. The summed E-state index contributed by atoms with van der Waals surface area (Å²) in [5.74, 6) is 0.457. The molecule has 0 aliphatic heterocycles. The number of imidazole rings is 1. The number of benzene rings is 1. The number of hydrogen-bond donors (Lipinski definition) is 1. The van der Waals surface area contributed by atoms with Crippen molar-refractivity contribution in [2.45, 2.75) is 6.92 Å². The molecule has 0 bridgehead atoms. The molecule has 2 aromatic rings. The standard InChI is InChI=1S/C13H14FN3/c1-3-6-15-13-16-7-8-17(13)11-5-4-10(2)12(14)9-11/h3-5,7-9H,1,6H2,2H3,(H,15,16). The van der Waals surface area contributed by atoms with Crippen LogP contribution in [0.1, 0.15) is 5.56 Å². The van der Waals surface area contributed by atoms with Gasteiger partial charge >= 0.3 is 0 Å². The molecule has 0 amide bonds. The molecule has 1 aromatic heterocycles. The number of halogens is 1. The van der Waals surface area contributed by atoms with Gasteiger partial charge in [0.25, 0.3) is 0 Å². The van der Waals surface area contributed by atoms with E-state index in [4.69, 9.17) is 0 Å². The first-order chi connectivity index (χ1) is 8.22. The molecule has 0 atom stereocenters. The zero-order valence-electron chi connectivity index (χ0n) is 9.65. The van der Waals surface area contributed by atoms with Gasteiger partial charge in [-0.05, 0) is 24.6 Å². The number of aryl methyl sites for hydroxylation is 1. The summed E-state index contributed by atoms with van der Waals surface area (Å²) >= 11 is 0. The molecule has 2 rings (SSSR count). The van der Waals surface area contributed by atoms with Crippen LogP contribution in [0.15, 0.2) is 43.2 Å². The molecule has 17 heavy (non-hydrogen) atoms. The number of rotatable bonds is 4. The van der Waals surface area contributed by atoms with Gasteiger partial charge in [0.2, 0.25) is 5.95 Å². The second kappa shape index (κ2) is 4.82. The highest BCUT2D eigenvalue weighted by molar-refractivity contribution is 5.43. The van der Waals surface area contributed by atoms with Crippen molar-refractivity contribution in [3.05, 3.63) is 54.6 Å². The van der Waals surface area contributed by atoms with Crippen molar-refractivity contribution in [2.24, 2.45) is 0 Å². The third-order valence-corrected chi connectivity index (χ3v) is 2.48. The van der Waals surface area contributed by atoms with E-state index in [-0.39, 0.29) is 5.82 Å². The van der Waals surface area contributed by atoms with Crippen molar-refractivity contribution < 1.29 is 4.39 Å². The number of aromatic nitrogens is 2. The summed E-state index contributed by atoms with van der Waals surface area (Å²) in [6, 6.07) is 5.11. The van der Waals surface area contributed by atoms with E-state index in [1.807, 2.05) is 6.07 Å². The lowest BCUT2D eigenvalue weighted by atomic mass is 10.2. The average Bonchev–Trinajstić information content (AvgIpc) is 2.78. The minimum atomic E-state index is -0.217. The third-order valence-electron chi connectivity index (χ3n) is 2.48. The molecule has 1 aromatic carbocycles. The molecular weight excluding hydrogens is 217 g/mol. The number of anilines is 1. The van der Waals surface area contributed by atoms with Crippen LogP contribution >= 0.6 is 0 Å². The fourth-order valence-electron chi connectivity index (χ4n) is 1.54. The fourth-order valence-corrected chi connectivity index (χ4v) is 1.54. The van der Waals surface area contributed by atoms with Gasteiger partial charge in [0.05, 0.1) is 5.69 Å². The summed E-state index contributed by atoms with van der Waals surface area (Å²) in [7, 11) is 0. The van der Waals surface area contributed by atoms with Crippen LogP contribution < -0.4 is 5.32 Å². The Morgan fingerprint density at radius 2 is 2.35 bits per heavy atom. The summed E-state index contributed by atoms with van der Waals surface area (Å²) in [5.41, 5.74) is 1.38. The van der Waals surface area contributed by atoms with Crippen molar-refractivity contribution in [1.82, 2.24) is 9.55 Å². The van der Waals surface area contributed by atoms with Gasteiger partial charge in [-0.3, -0.25) is 4.57 Å². The third kappa shape index (κ3) is 2.36. The predicted octanol–water partition coefficient (Wildman–Crippen LogP) is 2.92. The van der Waals surface area contributed by atoms with Gasteiger partial charge in [0.15, 0.2) is 0 Å². The van der Waals surface area contributed by atoms with Crippen molar-refractivity contribution in [3.8, 4) is 5.69 Å². The quantitative estimate of drug-likeness (QED) is 0.820. The molecule has 1 heterocycles. The fraction of sp³-hybridized carbons (Fsp3) is 0.154. The predicted molar refractivity (Wildman–Crippen MR) is 66.9 cm³/mol. The van der Waals surface area contributed by atoms with Crippen LogP contribution in [0.3, 0.4) is 0 Å². The normalized spacial score (nSPS) is 10.2. The Labute approximate surface area is 99.6 Å². The first-order valence-electron chi connectivity index (χ1n) is 5.37. The summed E-state index contributed by atoms with van der Waals surface area (Å²) < 4.78 is 15.3. The Balaban J connectivity index is 2.35. The summed E-state index contributed by atoms with van der Waals surface area (Å²) in [4.78, 5) is 4.16. The molecule has 0 radical (unpaired) electrons. The summed E-state index contributed by atoms with van der Waals surface area (Å²) in [6.07, 6.45) is 5.20. The van der Waals surface area contributed by atoms with Gasteiger partial charge in [-0.25, -0.2) is 9.37 Å². The van der Waals surface area contributed by atoms with Gasteiger partial charge < -0.3 is 5.32 Å². The van der Waals surface area contributed by atoms with Crippen LogP contribution in [0.5, 0.6) is 0 Å². The molecule has 0 spiro atoms. The number of nitrogens with zero attached hydrogens (tertiary/aromatic N) is 2. The van der Waals surface area contributed by atoms with E-state index in [2.05, 4.69) is 16.9 Å². The molecule has 88 valence electrons. The zero-order chi connectivity index (χ0) is 12.3. The van der Waals surface area contributed by atoms with Crippen LogP contribution in [0.25, 0.3) is 5.69 Å². The van der Waals surface area contributed by atoms with E-state index in [1.54, 1.807) is 36.0 Å². The van der Waals surface area contributed by atoms with Crippen molar-refractivity contribution in [1.29, 1.82) is 0 Å². The van der Waals surface area contributed by atoms with E-state index in [1.165, 1.54) is 6.07 Å². The lowest BCUT2D eigenvalue weighted by Gasteiger charge is -2.09. The zero-order valence-corrected chi connectivity index (χ0v) is 9.65. The first kappa shape index (κ1) is 11.4. The molecule has 0 fully saturated rings. The minimum Gasteiger partial charge on any atom is -0.352 e. The molecule has 0 saturated heterocycles. The largest absolute Gasteiger partial charge is 0.352 e. The van der Waals surface area contributed by atoms with Crippen LogP contribution in [0.2, 0.25) is 0 Å². The highest BCUT2D eigenvalue weighted by Gasteiger charge is 2.05. The Bertz CT molecular complexity index is 531. The lowest BCUT2D eigenvalue weighted by molar-refractivity contribution is 0.617. The van der Waals surface area contributed by atoms with E-state index >= 15 is 0 Å². The Morgan fingerprint density at radius 3 is 3.06 bits per heavy atom. The highest BCUT2D eigenvalue weighted by atomic mass is 19.1. The molecule has 0 unspecified atom stereocenters. The highest BCUT2D eigenvalue weighted by Crippen LogP contribution is 2.17. The number of nitrogens with one attached hydrogen (secondary N) is 1. The lowest BCUT2D eigenvalue weighted by Crippen LogP contribution is -2.05. The second-order valence-corrected chi connectivity index (χ2v) is 3.72. The van der Waals surface area contributed by atoms with Gasteiger partial charge in [0.1, 0.15) is 5.82 Å². The molecule has 1 N–H and O–H groups in total. The Hall–Kier alpha value is -2.10. The molecule has 0 aliphatic carbocycles. The van der Waals surface area contributed by atoms with Gasteiger partial charge in [-0.1, -0.05) is 12.1 Å². The SMILES string of the molecule is C=CCNc1nccn1-c1ccc(C)c(F)c1. The number of hydrogen-bond acceptors (Lipinski definition) is 2. The van der Waals surface area contributed by atoms with E-state index in [0.29, 0.717) is 18.1 Å². The molecule has 0 saturated carbocycles. The maximum Gasteiger partial charge on any atom is 0.207 e. The molecule has 4 heteroatoms. The van der Waals surface area contributed by atoms with Crippen LogP contribution in [0.4, 0.5) is 10.3 Å². The van der Waals surface area contributed by atoms with Gasteiger partial charge in [-0.2, -0.15) is 0 Å². The summed E-state index contributed by atoms with van der Waals surface area (Å²) in [6.45, 7) is 5.99. The molecule has 0 aliphatic rings. The molecule has 3 nitrogen and oxygen atoms in total. The monoisotopic (exact) mass is 231 g/mol. The topological polar surface area (TPSA) is 29.9 Å². The van der Waals surface area contributed by atoms with Crippen LogP contribution in [-0.2, 0) is 0 Å². The van der Waals surface area contributed by atoms with Crippen LogP contribution in [0, 0.1) is 12.7 Å². The maximum absolute atomic E-state index is 13.5. The molecular formula is C13H14FN3. The average molecular weight is 231 g/mol. The van der Waals surface area contributed by atoms with Crippen molar-refractivity contribution in [3.63, 3.8) is 0 Å². The van der Waals surface area contributed by atoms with Crippen molar-refractivity contribution >= 4 is 5.95 Å². The maximum atomic E-state index is 13.5. The van der Waals surface area contributed by atoms with Gasteiger partial charge in [0, 0.05) is 18.9 Å². The Morgan fingerprint density at radius 1 is 1.53 bits per heavy atom. The van der Waals surface area contributed by atoms with E-state index in [9.17, 15) is 4.39 Å². The minimum absolute atomic E-state index is 0.217. The second-order valence-electron chi connectivity index (χ2n) is 3.72. The van der Waals surface area contributed by atoms with Gasteiger partial charge in [-0.15, -0.1) is 6.58 Å². The van der Waals surface area contributed by atoms with Crippen LogP contribution in [-0.4, -0.2) is 16.1 Å².